The quantitative estimate of drug-likeness (QED) is 0.344. The van der Waals surface area contributed by atoms with E-state index in [1.165, 1.54) is 21.7 Å². The Morgan fingerprint density at radius 3 is 2.66 bits per heavy atom. The number of benzene rings is 2. The maximum atomic E-state index is 15.6. The molecule has 0 bridgehead atoms. The normalized spacial score (nSPS) is 15.4. The first-order valence-electron chi connectivity index (χ1n) is 13.3. The molecular formula is C30H30FN7O3. The van der Waals surface area contributed by atoms with E-state index in [0.717, 1.165) is 0 Å². The molecule has 4 aromatic rings. The number of likely N-dealkylation sites (tertiary alicyclic amines) is 1. The van der Waals surface area contributed by atoms with Crippen LogP contribution in [0.4, 0.5) is 15.0 Å². The van der Waals surface area contributed by atoms with Gasteiger partial charge >= 0.3 is 6.09 Å². The fourth-order valence-electron chi connectivity index (χ4n) is 4.97. The molecule has 2 amide bonds. The van der Waals surface area contributed by atoms with Crippen LogP contribution in [0.25, 0.3) is 22.0 Å². The summed E-state index contributed by atoms with van der Waals surface area (Å²) in [5.41, 5.74) is 0.612. The van der Waals surface area contributed by atoms with Gasteiger partial charge in [0.15, 0.2) is 0 Å². The van der Waals surface area contributed by atoms with Crippen molar-refractivity contribution in [2.24, 2.45) is 7.05 Å². The van der Waals surface area contributed by atoms with Gasteiger partial charge in [0.05, 0.1) is 29.4 Å². The van der Waals surface area contributed by atoms with Crippen LogP contribution >= 0.6 is 0 Å². The molecule has 41 heavy (non-hydrogen) atoms. The number of anilines is 1. The molecule has 2 aromatic heterocycles. The number of nitrogens with zero attached hydrogens (tertiary/aromatic N) is 7. The van der Waals surface area contributed by atoms with Crippen LogP contribution in [0.5, 0.6) is 0 Å². The number of aromatic nitrogens is 4. The first kappa shape index (κ1) is 27.7. The average Bonchev–Trinajstić information content (AvgIpc) is 3.38. The second-order valence-corrected chi connectivity index (χ2v) is 11.1. The summed E-state index contributed by atoms with van der Waals surface area (Å²) in [7, 11) is 1.71. The zero-order valence-corrected chi connectivity index (χ0v) is 23.3. The predicted octanol–water partition coefficient (Wildman–Crippen LogP) is 5.09. The predicted molar refractivity (Wildman–Crippen MR) is 150 cm³/mol. The molecule has 210 valence electrons. The highest BCUT2D eigenvalue weighted by atomic mass is 19.1. The smallest absolute Gasteiger partial charge is 0.410 e. The highest BCUT2D eigenvalue weighted by Crippen LogP contribution is 2.32. The van der Waals surface area contributed by atoms with Crippen molar-refractivity contribution in [1.82, 2.24) is 24.9 Å². The van der Waals surface area contributed by atoms with Gasteiger partial charge in [-0.25, -0.2) is 14.2 Å². The Morgan fingerprint density at radius 1 is 1.17 bits per heavy atom. The average molecular weight is 556 g/mol. The summed E-state index contributed by atoms with van der Waals surface area (Å²) in [6.45, 7) is 6.05. The zero-order chi connectivity index (χ0) is 29.3. The van der Waals surface area contributed by atoms with Crippen LogP contribution in [-0.2, 0) is 11.8 Å². The lowest BCUT2D eigenvalue weighted by molar-refractivity contribution is 0.0196. The first-order valence-corrected chi connectivity index (χ1v) is 13.3. The molecule has 11 heteroatoms. The number of carbonyl (C=O) groups excluding carboxylic acids is 2. The molecule has 0 spiro atoms. The number of hydrogen-bond acceptors (Lipinski definition) is 7. The number of carbonyl (C=O) groups is 2. The van der Waals surface area contributed by atoms with Crippen LogP contribution in [-0.4, -0.2) is 61.6 Å². The summed E-state index contributed by atoms with van der Waals surface area (Å²) >= 11 is 0. The first-order chi connectivity index (χ1) is 19.5. The number of rotatable bonds is 4. The van der Waals surface area contributed by atoms with Gasteiger partial charge in [0, 0.05) is 37.3 Å². The minimum Gasteiger partial charge on any atom is -0.444 e. The summed E-state index contributed by atoms with van der Waals surface area (Å²) in [5, 5.41) is 18.6. The van der Waals surface area contributed by atoms with Gasteiger partial charge in [-0.3, -0.25) is 14.4 Å². The number of amides is 2. The van der Waals surface area contributed by atoms with E-state index in [9.17, 15) is 14.9 Å². The third kappa shape index (κ3) is 5.87. The topological polar surface area (TPSA) is 117 Å². The van der Waals surface area contributed by atoms with Crippen LogP contribution in [0.3, 0.4) is 0 Å². The number of aryl methyl sites for hydroxylation is 1. The van der Waals surface area contributed by atoms with Crippen molar-refractivity contribution < 1.29 is 18.7 Å². The van der Waals surface area contributed by atoms with Crippen LogP contribution in [0, 0.1) is 17.1 Å². The van der Waals surface area contributed by atoms with E-state index in [1.807, 2.05) is 0 Å². The summed E-state index contributed by atoms with van der Waals surface area (Å²) in [5.74, 6) is -0.978. The Bertz CT molecular complexity index is 1670. The Balaban J connectivity index is 1.57. The van der Waals surface area contributed by atoms with Gasteiger partial charge < -0.3 is 9.64 Å². The van der Waals surface area contributed by atoms with Gasteiger partial charge in [0.1, 0.15) is 22.9 Å². The molecule has 1 aliphatic heterocycles. The van der Waals surface area contributed by atoms with Crippen molar-refractivity contribution in [2.45, 2.75) is 45.3 Å². The molecule has 10 nitrogen and oxygen atoms in total. The van der Waals surface area contributed by atoms with E-state index in [0.29, 0.717) is 52.8 Å². The number of halogens is 1. The summed E-state index contributed by atoms with van der Waals surface area (Å²) in [6, 6.07) is 12.8. The van der Waals surface area contributed by atoms with Crippen molar-refractivity contribution in [3.05, 3.63) is 71.8 Å². The van der Waals surface area contributed by atoms with E-state index in [2.05, 4.69) is 21.4 Å². The number of ether oxygens (including phenoxy) is 1. The second-order valence-electron chi connectivity index (χ2n) is 11.1. The maximum absolute atomic E-state index is 15.6. The van der Waals surface area contributed by atoms with Gasteiger partial charge in [0.25, 0.3) is 5.91 Å². The van der Waals surface area contributed by atoms with E-state index in [1.54, 1.807) is 75.4 Å². The molecule has 0 radical (unpaired) electrons. The fraction of sp³-hybridized carbons (Fsp3) is 0.333. The van der Waals surface area contributed by atoms with E-state index >= 15 is 4.39 Å². The summed E-state index contributed by atoms with van der Waals surface area (Å²) < 4.78 is 22.7. The lowest BCUT2D eigenvalue weighted by atomic mass is 10.0. The van der Waals surface area contributed by atoms with Crippen LogP contribution in [0.15, 0.2) is 54.9 Å². The van der Waals surface area contributed by atoms with Crippen molar-refractivity contribution in [1.29, 1.82) is 5.26 Å². The van der Waals surface area contributed by atoms with Crippen LogP contribution < -0.4 is 4.90 Å². The molecule has 1 saturated heterocycles. The molecule has 2 aromatic carbocycles. The Hall–Kier alpha value is -4.85. The van der Waals surface area contributed by atoms with Crippen molar-refractivity contribution in [3.63, 3.8) is 0 Å². The highest BCUT2D eigenvalue weighted by Gasteiger charge is 2.36. The van der Waals surface area contributed by atoms with Gasteiger partial charge in [-0.15, -0.1) is 5.10 Å². The molecular weight excluding hydrogens is 525 g/mol. The third-order valence-corrected chi connectivity index (χ3v) is 6.83. The van der Waals surface area contributed by atoms with Gasteiger partial charge in [-0.1, -0.05) is 11.3 Å². The van der Waals surface area contributed by atoms with Crippen molar-refractivity contribution in [3.8, 4) is 17.3 Å². The number of fused-ring (bicyclic) bond motifs is 1. The zero-order valence-electron chi connectivity index (χ0n) is 23.3. The second kappa shape index (κ2) is 11.0. The lowest BCUT2D eigenvalue weighted by Crippen LogP contribution is -2.53. The number of piperidine rings is 1. The van der Waals surface area contributed by atoms with Crippen molar-refractivity contribution in [2.75, 3.05) is 18.0 Å². The Kier molecular flexibility index (Phi) is 7.41. The number of pyridine rings is 1. The lowest BCUT2D eigenvalue weighted by Gasteiger charge is -2.39. The van der Waals surface area contributed by atoms with Gasteiger partial charge in [-0.05, 0) is 75.4 Å². The maximum Gasteiger partial charge on any atom is 0.410 e. The molecule has 0 N–H and O–H groups in total. The SMILES string of the molecule is Cn1cc(-c2ccc(C(=O)N(c3nccc4cc(C#N)ccc34)[C@@H]3CCCN(C(=O)OC(C)(C)C)C3)c(F)c2)nn1. The molecule has 3 heterocycles. The monoisotopic (exact) mass is 555 g/mol. The van der Waals surface area contributed by atoms with Gasteiger partial charge in [-0.2, -0.15) is 5.26 Å². The van der Waals surface area contributed by atoms with Crippen LogP contribution in [0.2, 0.25) is 0 Å². The van der Waals surface area contributed by atoms with E-state index in [-0.39, 0.29) is 12.1 Å². The third-order valence-electron chi connectivity index (χ3n) is 6.83. The number of hydrogen-bond donors (Lipinski definition) is 0. The van der Waals surface area contributed by atoms with Crippen LogP contribution in [0.1, 0.15) is 49.5 Å². The van der Waals surface area contributed by atoms with E-state index in [4.69, 9.17) is 4.74 Å². The molecule has 0 aliphatic carbocycles. The minimum atomic E-state index is -0.713. The minimum absolute atomic E-state index is 0.139. The highest BCUT2D eigenvalue weighted by molar-refractivity contribution is 6.10. The molecule has 5 rings (SSSR count). The summed E-state index contributed by atoms with van der Waals surface area (Å²) in [4.78, 5) is 34.8. The fourth-order valence-corrected chi connectivity index (χ4v) is 4.97. The standard InChI is InChI=1S/C30H30FN7O3/c1-30(2,3)41-29(40)37-13-5-6-22(17-37)38(27-23-9-7-19(16-32)14-20(23)11-12-33-27)28(39)24-10-8-21(15-25(24)31)26-18-36(4)35-34-26/h7-12,14-15,18,22H,5-6,13,17H2,1-4H3/t22-/m1/s1. The number of nitriles is 1. The summed E-state index contributed by atoms with van der Waals surface area (Å²) in [6.07, 6.45) is 3.93. The van der Waals surface area contributed by atoms with Gasteiger partial charge in [0.2, 0.25) is 0 Å². The Labute approximate surface area is 236 Å². The van der Waals surface area contributed by atoms with Crippen molar-refractivity contribution >= 4 is 28.6 Å². The molecule has 1 atom stereocenters. The molecule has 0 saturated carbocycles. The largest absolute Gasteiger partial charge is 0.444 e. The Morgan fingerprint density at radius 2 is 1.98 bits per heavy atom. The molecule has 1 aliphatic rings. The molecule has 1 fully saturated rings. The van der Waals surface area contributed by atoms with E-state index < -0.39 is 29.5 Å². The molecule has 0 unspecified atom stereocenters.